The van der Waals surface area contributed by atoms with Crippen molar-refractivity contribution in [1.29, 1.82) is 0 Å². The van der Waals surface area contributed by atoms with Crippen LogP contribution in [0.5, 0.6) is 11.5 Å². The van der Waals surface area contributed by atoms with Gasteiger partial charge in [0.25, 0.3) is 5.91 Å². The second kappa shape index (κ2) is 19.5. The van der Waals surface area contributed by atoms with Gasteiger partial charge in [0.15, 0.2) is 22.4 Å². The van der Waals surface area contributed by atoms with Gasteiger partial charge in [-0.05, 0) is 33.3 Å². The van der Waals surface area contributed by atoms with Crippen molar-refractivity contribution >= 4 is 62.0 Å². The molecule has 0 radical (unpaired) electrons. The van der Waals surface area contributed by atoms with Gasteiger partial charge in [-0.25, -0.2) is 4.98 Å². The minimum atomic E-state index is -1.98. The topological polar surface area (TPSA) is 231 Å². The standard InChI is InChI=1S/C51H64N4O13/c1-12-26(4)54-17-19-55(20-18-54)32-22-33(57)39-35(23-32)67-48-40(52-39)36-37-44(60)30(8)47-38(36)49(62)51(10,68-47)65-21-16-34(64-11)27(5)46(66-31(9)56)29(7)43(59)28(6)42(58)24(2)14-13-15-25(3)50(63)53-41(48)45(37)61/h13-16,21-24,26-29,34,42-43,46,58-60,62H,12,17-20H2,1-11H3,(H,53,63)/b14-13-,21-16-,25-15-/t24-,26?,27+,28+,29+,34-,42-,43+,46+,51-/m0/s1. The van der Waals surface area contributed by atoms with Crippen LogP contribution in [0.15, 0.2) is 62.3 Å². The molecule has 1 unspecified atom stereocenters. The van der Waals surface area contributed by atoms with Gasteiger partial charge >= 0.3 is 11.8 Å². The molecule has 17 heteroatoms. The predicted molar refractivity (Wildman–Crippen MR) is 259 cm³/mol. The number of aliphatic hydroxyl groups excluding tert-OH is 3. The summed E-state index contributed by atoms with van der Waals surface area (Å²) in [6, 6.07) is 3.57. The van der Waals surface area contributed by atoms with Gasteiger partial charge in [0.2, 0.25) is 10.9 Å². The molecule has 366 valence electrons. The van der Waals surface area contributed by atoms with Crippen LogP contribution in [-0.2, 0) is 23.8 Å². The number of nitrogens with zero attached hydrogens (tertiary/aromatic N) is 3. The third-order valence-electron chi connectivity index (χ3n) is 14.3. The zero-order chi connectivity index (χ0) is 49.7. The Morgan fingerprint density at radius 1 is 0.971 bits per heavy atom. The maximum Gasteiger partial charge on any atom is 0.307 e. The van der Waals surface area contributed by atoms with E-state index in [4.69, 9.17) is 28.3 Å². The lowest BCUT2D eigenvalue weighted by Gasteiger charge is -2.38. The lowest BCUT2D eigenvalue weighted by Crippen LogP contribution is -2.49. The summed E-state index contributed by atoms with van der Waals surface area (Å²) in [7, 11) is 1.45. The highest BCUT2D eigenvalue weighted by Gasteiger charge is 2.44. The molecule has 1 fully saturated rings. The zero-order valence-electron chi connectivity index (χ0n) is 40.6. The van der Waals surface area contributed by atoms with E-state index >= 15 is 0 Å². The number of aliphatic hydroxyl groups is 3. The highest BCUT2D eigenvalue weighted by molar-refractivity contribution is 6.16. The van der Waals surface area contributed by atoms with Crippen LogP contribution in [0, 0.1) is 30.6 Å². The number of ether oxygens (including phenoxy) is 4. The molecule has 0 saturated carbocycles. The molecular weight excluding hydrogens is 877 g/mol. The van der Waals surface area contributed by atoms with Crippen LogP contribution in [0.2, 0.25) is 0 Å². The fourth-order valence-electron chi connectivity index (χ4n) is 9.74. The maximum atomic E-state index is 14.9. The third-order valence-corrected chi connectivity index (χ3v) is 14.3. The van der Waals surface area contributed by atoms with E-state index in [2.05, 4.69) is 29.0 Å². The normalized spacial score (nSPS) is 29.9. The molecule has 5 bridgehead atoms. The summed E-state index contributed by atoms with van der Waals surface area (Å²) in [6.07, 6.45) is 4.58. The highest BCUT2D eigenvalue weighted by Crippen LogP contribution is 2.42. The minimum absolute atomic E-state index is 0.0388. The van der Waals surface area contributed by atoms with E-state index < -0.39 is 88.1 Å². The Balaban J connectivity index is 1.46. The minimum Gasteiger partial charge on any atom is -0.507 e. The number of aromatic nitrogens is 1. The number of allylic oxidation sites excluding steroid dienone is 2. The van der Waals surface area contributed by atoms with Crippen molar-refractivity contribution < 1.29 is 53.4 Å². The molecule has 68 heavy (non-hydrogen) atoms. The van der Waals surface area contributed by atoms with Crippen LogP contribution in [-0.4, -0.2) is 112 Å². The molecular formula is C51H64N4O13. The van der Waals surface area contributed by atoms with E-state index in [1.54, 1.807) is 45.9 Å². The van der Waals surface area contributed by atoms with Gasteiger partial charge in [-0.3, -0.25) is 24.1 Å². The zero-order valence-corrected chi connectivity index (χ0v) is 40.6. The SMILES string of the molecule is CCC(C)N1CCN(c2cc(=O)c3nc4c(oc3c2)c2c(=O)c3c(O)c(C)c5c(c34)=C(O)[C@@](C)(O/C=C\[C@H](OC)[C@@H](C)[C@@H](OC(C)=O)[C@H](C)[C@H](O)[C@H](C)[C@@H](O)[C@@H](C)/C=C\C=C(\C)C(=O)N2)O5)CC1. The summed E-state index contributed by atoms with van der Waals surface area (Å²) in [5, 5.41) is 49.3. The lowest BCUT2D eigenvalue weighted by molar-refractivity contribution is -0.160. The number of hydrogen-bond donors (Lipinski definition) is 5. The van der Waals surface area contributed by atoms with Crippen molar-refractivity contribution in [3.63, 3.8) is 0 Å². The largest absolute Gasteiger partial charge is 0.507 e. The number of esters is 1. The summed E-state index contributed by atoms with van der Waals surface area (Å²) >= 11 is 0. The summed E-state index contributed by atoms with van der Waals surface area (Å²) in [5.74, 6) is -6.93. The fourth-order valence-corrected chi connectivity index (χ4v) is 9.74. The number of methoxy groups -OCH3 is 1. The number of phenolic OH excluding ortho intramolecular Hbond substituents is 1. The molecule has 4 heterocycles. The maximum absolute atomic E-state index is 14.9. The third kappa shape index (κ3) is 9.04. The summed E-state index contributed by atoms with van der Waals surface area (Å²) in [5.41, 5.74) is -1.35. The Hall–Kier alpha value is -6.01. The van der Waals surface area contributed by atoms with E-state index in [1.807, 2.05) is 0 Å². The molecule has 5 N–H and O–H groups in total. The summed E-state index contributed by atoms with van der Waals surface area (Å²) in [6.45, 7) is 19.8. The number of carbonyl (C=O) groups is 2. The number of phenols is 1. The number of fused-ring (bicyclic) bond motifs is 5. The molecule has 4 aromatic rings. The van der Waals surface area contributed by atoms with Gasteiger partial charge in [0, 0.05) is 111 Å². The molecule has 1 aromatic heterocycles. The molecule has 3 aromatic carbocycles. The van der Waals surface area contributed by atoms with Crippen molar-refractivity contribution in [1.82, 2.24) is 9.88 Å². The lowest BCUT2D eigenvalue weighted by atomic mass is 9.78. The van der Waals surface area contributed by atoms with Crippen LogP contribution in [0.3, 0.4) is 0 Å². The first-order valence-electron chi connectivity index (χ1n) is 23.3. The number of nitrogens with one attached hydrogen (secondary N) is 1. The number of rotatable bonds is 5. The van der Waals surface area contributed by atoms with Gasteiger partial charge in [0.1, 0.15) is 28.8 Å². The number of anilines is 2. The monoisotopic (exact) mass is 940 g/mol. The Labute approximate surface area is 394 Å². The van der Waals surface area contributed by atoms with E-state index in [0.717, 1.165) is 19.5 Å². The fraction of sp³-hybridized carbons (Fsp3) is 0.510. The Bertz CT molecular complexity index is 2900. The molecule has 10 atom stereocenters. The Kier molecular flexibility index (Phi) is 14.3. The Morgan fingerprint density at radius 2 is 1.66 bits per heavy atom. The van der Waals surface area contributed by atoms with Gasteiger partial charge in [-0.2, -0.15) is 0 Å². The van der Waals surface area contributed by atoms with Crippen molar-refractivity contribution in [2.45, 2.75) is 112 Å². The number of hydrogen-bond acceptors (Lipinski definition) is 16. The van der Waals surface area contributed by atoms with Crippen LogP contribution < -0.4 is 31.0 Å². The van der Waals surface area contributed by atoms with E-state index in [0.29, 0.717) is 24.8 Å². The smallest absolute Gasteiger partial charge is 0.307 e. The first-order valence-corrected chi connectivity index (χ1v) is 23.3. The molecule has 0 spiro atoms. The molecule has 17 nitrogen and oxygen atoms in total. The number of piperazine rings is 1. The molecule has 0 aliphatic carbocycles. The van der Waals surface area contributed by atoms with E-state index in [9.17, 15) is 39.6 Å². The second-order valence-electron chi connectivity index (χ2n) is 18.8. The van der Waals surface area contributed by atoms with E-state index in [-0.39, 0.29) is 60.8 Å². The average Bonchev–Trinajstić information content (AvgIpc) is 3.58. The molecule has 3 aliphatic rings. The van der Waals surface area contributed by atoms with Crippen LogP contribution in [0.4, 0.5) is 11.4 Å². The first kappa shape index (κ1) is 49.9. The number of aromatic hydroxyl groups is 1. The van der Waals surface area contributed by atoms with Crippen LogP contribution >= 0.6 is 0 Å². The van der Waals surface area contributed by atoms with Gasteiger partial charge < -0.3 is 54.0 Å². The summed E-state index contributed by atoms with van der Waals surface area (Å²) in [4.78, 5) is 64.7. The first-order chi connectivity index (χ1) is 32.1. The summed E-state index contributed by atoms with van der Waals surface area (Å²) < 4.78 is 30.6. The predicted octanol–water partition coefficient (Wildman–Crippen LogP) is 5.48. The Morgan fingerprint density at radius 3 is 2.31 bits per heavy atom. The molecule has 1 saturated heterocycles. The van der Waals surface area contributed by atoms with Crippen molar-refractivity contribution in [3.8, 4) is 11.5 Å². The van der Waals surface area contributed by atoms with E-state index in [1.165, 1.54) is 59.3 Å². The number of benzene rings is 3. The van der Waals surface area contributed by atoms with Gasteiger partial charge in [-0.1, -0.05) is 52.8 Å². The van der Waals surface area contributed by atoms with Crippen LogP contribution in [0.25, 0.3) is 38.7 Å². The van der Waals surface area contributed by atoms with Crippen molar-refractivity contribution in [2.75, 3.05) is 43.5 Å². The molecule has 3 aliphatic heterocycles. The molecule has 1 amide bonds. The highest BCUT2D eigenvalue weighted by atomic mass is 16.7. The van der Waals surface area contributed by atoms with Gasteiger partial charge in [0.05, 0.1) is 35.2 Å². The van der Waals surface area contributed by atoms with Crippen LogP contribution in [0.1, 0.15) is 74.3 Å². The quantitative estimate of drug-likeness (QED) is 0.0948. The molecule has 7 rings (SSSR count). The van der Waals surface area contributed by atoms with Crippen molar-refractivity contribution in [2.24, 2.45) is 23.7 Å². The number of amides is 1. The second-order valence-corrected chi connectivity index (χ2v) is 18.8. The number of carbonyl (C=O) groups excluding carboxylic acids is 2. The van der Waals surface area contributed by atoms with Gasteiger partial charge in [-0.15, -0.1) is 0 Å². The average molecular weight is 941 g/mol. The van der Waals surface area contributed by atoms with Crippen molar-refractivity contribution in [3.05, 3.63) is 79.5 Å².